The van der Waals surface area contributed by atoms with Crippen molar-refractivity contribution in [1.82, 2.24) is 5.32 Å². The minimum absolute atomic E-state index is 0.300. The molecule has 0 unspecified atom stereocenters. The zero-order valence-electron chi connectivity index (χ0n) is 10.1. The number of esters is 1. The summed E-state index contributed by atoms with van der Waals surface area (Å²) in [4.78, 5) is 25.5. The molecule has 0 rings (SSSR count). The van der Waals surface area contributed by atoms with Gasteiger partial charge in [0.2, 0.25) is 0 Å². The average molecular weight is 230 g/mol. The lowest BCUT2D eigenvalue weighted by atomic mass is 10.2. The van der Waals surface area contributed by atoms with Crippen LogP contribution < -0.4 is 5.32 Å². The Hall–Kier alpha value is -1.59. The monoisotopic (exact) mass is 230 g/mol. The van der Waals surface area contributed by atoms with E-state index in [0.717, 1.165) is 6.21 Å². The topological polar surface area (TPSA) is 77.0 Å². The van der Waals surface area contributed by atoms with Crippen molar-refractivity contribution in [2.45, 2.75) is 26.4 Å². The third-order valence-electron chi connectivity index (χ3n) is 1.31. The molecule has 0 saturated carbocycles. The lowest BCUT2D eigenvalue weighted by Gasteiger charge is -2.19. The van der Waals surface area contributed by atoms with Gasteiger partial charge >= 0.3 is 12.1 Å². The number of methoxy groups -OCH3 is 1. The first-order valence-corrected chi connectivity index (χ1v) is 4.90. The first-order valence-electron chi connectivity index (χ1n) is 4.90. The zero-order chi connectivity index (χ0) is 12.6. The number of alkyl carbamates (subject to hydrolysis) is 1. The van der Waals surface area contributed by atoms with Gasteiger partial charge in [0.25, 0.3) is 0 Å². The van der Waals surface area contributed by atoms with Crippen LogP contribution in [0.3, 0.4) is 0 Å². The predicted octanol–water partition coefficient (Wildman–Crippen LogP) is 0.755. The molecule has 92 valence electrons. The Balaban J connectivity index is 3.64. The van der Waals surface area contributed by atoms with Crippen LogP contribution in [-0.4, -0.2) is 44.1 Å². The van der Waals surface area contributed by atoms with Crippen LogP contribution in [0.15, 0.2) is 4.99 Å². The molecule has 0 aliphatic heterocycles. The van der Waals surface area contributed by atoms with E-state index in [9.17, 15) is 9.59 Å². The molecule has 6 nitrogen and oxygen atoms in total. The molecule has 1 amide bonds. The highest BCUT2D eigenvalue weighted by molar-refractivity contribution is 6.23. The Kier molecular flexibility index (Phi) is 6.14. The third kappa shape index (κ3) is 8.98. The average Bonchev–Trinajstić information content (AvgIpc) is 2.14. The number of hydrogen-bond donors (Lipinski definition) is 1. The zero-order valence-corrected chi connectivity index (χ0v) is 10.1. The summed E-state index contributed by atoms with van der Waals surface area (Å²) in [5.41, 5.74) is -0.515. The minimum atomic E-state index is -0.516. The summed E-state index contributed by atoms with van der Waals surface area (Å²) in [5, 5.41) is 2.50. The van der Waals surface area contributed by atoms with E-state index in [-0.39, 0.29) is 0 Å². The van der Waals surface area contributed by atoms with Gasteiger partial charge in [-0.05, 0) is 20.8 Å². The van der Waals surface area contributed by atoms with Crippen molar-refractivity contribution in [3.63, 3.8) is 0 Å². The second-order valence-corrected chi connectivity index (χ2v) is 3.99. The van der Waals surface area contributed by atoms with Crippen molar-refractivity contribution >= 4 is 18.3 Å². The molecular formula is C10H18N2O4. The van der Waals surface area contributed by atoms with Crippen LogP contribution in [0.4, 0.5) is 4.79 Å². The van der Waals surface area contributed by atoms with E-state index >= 15 is 0 Å². The van der Waals surface area contributed by atoms with Gasteiger partial charge in [0.15, 0.2) is 0 Å². The first kappa shape index (κ1) is 14.4. The fraction of sp³-hybridized carbons (Fsp3) is 0.700. The molecule has 0 radical (unpaired) electrons. The number of aliphatic imine (C=N–C) groups is 1. The summed E-state index contributed by atoms with van der Waals surface area (Å²) in [6, 6.07) is 0. The largest absolute Gasteiger partial charge is 0.465 e. The lowest BCUT2D eigenvalue weighted by Crippen LogP contribution is -2.33. The van der Waals surface area contributed by atoms with Crippen molar-refractivity contribution in [1.29, 1.82) is 0 Å². The number of nitrogens with one attached hydrogen (secondary N) is 1. The van der Waals surface area contributed by atoms with Gasteiger partial charge in [-0.1, -0.05) is 0 Å². The quantitative estimate of drug-likeness (QED) is 0.439. The molecular weight excluding hydrogens is 212 g/mol. The van der Waals surface area contributed by atoms with Gasteiger partial charge in [0.05, 0.1) is 13.7 Å². The Morgan fingerprint density at radius 2 is 2.00 bits per heavy atom. The Labute approximate surface area is 95.0 Å². The number of hydrogen-bond acceptors (Lipinski definition) is 5. The molecule has 0 bridgehead atoms. The molecule has 1 N–H and O–H groups in total. The highest BCUT2D eigenvalue weighted by Gasteiger charge is 2.15. The van der Waals surface area contributed by atoms with Gasteiger partial charge in [0.1, 0.15) is 11.8 Å². The van der Waals surface area contributed by atoms with Gasteiger partial charge in [-0.15, -0.1) is 0 Å². The van der Waals surface area contributed by atoms with E-state index in [1.165, 1.54) is 7.11 Å². The van der Waals surface area contributed by atoms with Gasteiger partial charge < -0.3 is 14.8 Å². The van der Waals surface area contributed by atoms with E-state index in [2.05, 4.69) is 15.0 Å². The van der Waals surface area contributed by atoms with Gasteiger partial charge in [-0.2, -0.15) is 0 Å². The molecule has 6 heteroatoms. The smallest absolute Gasteiger partial charge is 0.407 e. The van der Waals surface area contributed by atoms with Crippen molar-refractivity contribution in [2.24, 2.45) is 4.99 Å². The first-order chi connectivity index (χ1) is 7.35. The molecule has 0 aromatic carbocycles. The number of amides is 1. The van der Waals surface area contributed by atoms with E-state index < -0.39 is 17.7 Å². The fourth-order valence-electron chi connectivity index (χ4n) is 0.728. The van der Waals surface area contributed by atoms with Crippen LogP contribution in [0.5, 0.6) is 0 Å². The van der Waals surface area contributed by atoms with Gasteiger partial charge in [0, 0.05) is 6.54 Å². The van der Waals surface area contributed by atoms with E-state index in [0.29, 0.717) is 13.1 Å². The van der Waals surface area contributed by atoms with Crippen LogP contribution in [0.2, 0.25) is 0 Å². The van der Waals surface area contributed by atoms with Crippen LogP contribution in [0, 0.1) is 0 Å². The SMILES string of the molecule is COC(=O)C=NCCNC(=O)OC(C)(C)C. The maximum Gasteiger partial charge on any atom is 0.407 e. The molecule has 0 spiro atoms. The van der Waals surface area contributed by atoms with Crippen molar-refractivity contribution in [3.8, 4) is 0 Å². The maximum atomic E-state index is 11.1. The molecule has 0 atom stereocenters. The summed E-state index contributed by atoms with van der Waals surface area (Å²) in [6.07, 6.45) is 0.567. The summed E-state index contributed by atoms with van der Waals surface area (Å²) < 4.78 is 9.34. The van der Waals surface area contributed by atoms with Crippen molar-refractivity contribution in [3.05, 3.63) is 0 Å². The van der Waals surface area contributed by atoms with Crippen LogP contribution in [0.1, 0.15) is 20.8 Å². The number of ether oxygens (including phenoxy) is 2. The summed E-state index contributed by atoms with van der Waals surface area (Å²) in [7, 11) is 1.27. The summed E-state index contributed by atoms with van der Waals surface area (Å²) >= 11 is 0. The van der Waals surface area contributed by atoms with E-state index in [1.807, 2.05) is 0 Å². The second-order valence-electron chi connectivity index (χ2n) is 3.99. The molecule has 0 aliphatic rings. The van der Waals surface area contributed by atoms with E-state index in [4.69, 9.17) is 4.74 Å². The molecule has 0 heterocycles. The lowest BCUT2D eigenvalue weighted by molar-refractivity contribution is -0.132. The molecule has 0 fully saturated rings. The number of rotatable bonds is 4. The Bertz CT molecular complexity index is 268. The highest BCUT2D eigenvalue weighted by atomic mass is 16.6. The van der Waals surface area contributed by atoms with Gasteiger partial charge in [-0.25, -0.2) is 9.59 Å². The Morgan fingerprint density at radius 3 is 2.50 bits per heavy atom. The predicted molar refractivity (Wildman–Crippen MR) is 59.6 cm³/mol. The molecule has 0 aromatic rings. The van der Waals surface area contributed by atoms with E-state index in [1.54, 1.807) is 20.8 Å². The summed E-state index contributed by atoms with van der Waals surface area (Å²) in [6.45, 7) is 5.95. The van der Waals surface area contributed by atoms with Crippen molar-refractivity contribution < 1.29 is 19.1 Å². The van der Waals surface area contributed by atoms with Crippen molar-refractivity contribution in [2.75, 3.05) is 20.2 Å². The maximum absolute atomic E-state index is 11.1. The highest BCUT2D eigenvalue weighted by Crippen LogP contribution is 2.05. The minimum Gasteiger partial charge on any atom is -0.465 e. The van der Waals surface area contributed by atoms with Gasteiger partial charge in [-0.3, -0.25) is 4.99 Å². The fourth-order valence-corrected chi connectivity index (χ4v) is 0.728. The normalized spacial score (nSPS) is 11.2. The molecule has 16 heavy (non-hydrogen) atoms. The molecule has 0 aliphatic carbocycles. The third-order valence-corrected chi connectivity index (χ3v) is 1.31. The number of carbonyl (C=O) groups is 2. The number of carbonyl (C=O) groups excluding carboxylic acids is 2. The van der Waals surface area contributed by atoms with Crippen LogP contribution in [0.25, 0.3) is 0 Å². The van der Waals surface area contributed by atoms with Crippen LogP contribution >= 0.6 is 0 Å². The summed E-state index contributed by atoms with van der Waals surface area (Å²) in [5.74, 6) is -0.516. The molecule has 0 saturated heterocycles. The number of nitrogens with zero attached hydrogens (tertiary/aromatic N) is 1. The Morgan fingerprint density at radius 1 is 1.38 bits per heavy atom. The van der Waals surface area contributed by atoms with Crippen LogP contribution in [-0.2, 0) is 14.3 Å². The second kappa shape index (κ2) is 6.81. The molecule has 0 aromatic heterocycles. The standard InChI is InChI=1S/C10H18N2O4/c1-10(2,3)16-9(14)12-6-5-11-7-8(13)15-4/h7H,5-6H2,1-4H3,(H,12,14).